The van der Waals surface area contributed by atoms with Crippen LogP contribution in [0.3, 0.4) is 0 Å². The van der Waals surface area contributed by atoms with E-state index in [1.807, 2.05) is 0 Å². The van der Waals surface area contributed by atoms with Crippen molar-refractivity contribution in [2.24, 2.45) is 0 Å². The molecule has 0 saturated heterocycles. The molecule has 0 aromatic heterocycles. The highest BCUT2D eigenvalue weighted by Crippen LogP contribution is 2.36. The highest BCUT2D eigenvalue weighted by Gasteiger charge is 2.37. The lowest BCUT2D eigenvalue weighted by atomic mass is 10.1. The van der Waals surface area contributed by atoms with Crippen molar-refractivity contribution in [2.75, 3.05) is 16.8 Å². The van der Waals surface area contributed by atoms with Crippen molar-refractivity contribution >= 4 is 46.7 Å². The van der Waals surface area contributed by atoms with E-state index in [0.29, 0.717) is 16.8 Å². The van der Waals surface area contributed by atoms with E-state index in [4.69, 9.17) is 16.3 Å². The normalized spacial score (nSPS) is 12.4. The number of nitrogens with zero attached hydrogens (tertiary/aromatic N) is 1. The maximum atomic E-state index is 12.8. The highest BCUT2D eigenvalue weighted by atomic mass is 35.5. The maximum absolute atomic E-state index is 12.8. The fourth-order valence-electron chi connectivity index (χ4n) is 3.43. The van der Waals surface area contributed by atoms with Crippen LogP contribution in [0.25, 0.3) is 0 Å². The van der Waals surface area contributed by atoms with Crippen molar-refractivity contribution in [1.82, 2.24) is 5.32 Å². The number of amides is 5. The second-order valence-corrected chi connectivity index (χ2v) is 7.40. The summed E-state index contributed by atoms with van der Waals surface area (Å²) in [6.45, 7) is 2.01. The van der Waals surface area contributed by atoms with E-state index in [-0.39, 0.29) is 28.6 Å². The molecular formula is C24H18ClN3O5. The molecule has 0 fully saturated rings. The minimum absolute atomic E-state index is 0.158. The summed E-state index contributed by atoms with van der Waals surface area (Å²) in [5, 5.41) is 4.95. The van der Waals surface area contributed by atoms with Crippen LogP contribution in [0.1, 0.15) is 38.0 Å². The Hall–Kier alpha value is -4.17. The van der Waals surface area contributed by atoms with Crippen molar-refractivity contribution in [1.29, 1.82) is 0 Å². The van der Waals surface area contributed by atoms with Gasteiger partial charge in [0, 0.05) is 11.8 Å². The number of ether oxygens (including phenoxy) is 1. The van der Waals surface area contributed by atoms with Gasteiger partial charge in [0.1, 0.15) is 5.75 Å². The number of carbonyl (C=O) groups excluding carboxylic acids is 4. The Bertz CT molecular complexity index is 1260. The lowest BCUT2D eigenvalue weighted by Crippen LogP contribution is -2.34. The minimum atomic E-state index is -0.782. The molecule has 166 valence electrons. The third-order valence-corrected chi connectivity index (χ3v) is 5.23. The number of urea groups is 1. The summed E-state index contributed by atoms with van der Waals surface area (Å²) in [5.74, 6) is -1.35. The van der Waals surface area contributed by atoms with Crippen LogP contribution >= 0.6 is 11.6 Å². The van der Waals surface area contributed by atoms with Gasteiger partial charge in [0.15, 0.2) is 0 Å². The summed E-state index contributed by atoms with van der Waals surface area (Å²) in [4.78, 5) is 51.3. The lowest BCUT2D eigenvalue weighted by Gasteiger charge is -2.19. The number of anilines is 2. The van der Waals surface area contributed by atoms with Crippen LogP contribution in [0.2, 0.25) is 5.02 Å². The van der Waals surface area contributed by atoms with Gasteiger partial charge in [-0.15, -0.1) is 0 Å². The number of carbonyl (C=O) groups is 4. The number of halogens is 1. The van der Waals surface area contributed by atoms with Gasteiger partial charge >= 0.3 is 6.03 Å². The SMILES string of the molecule is CCOc1cc(NC(=O)NC(=O)c2ccccc2Cl)ccc1N1C(=O)c2ccccc2C1=O. The van der Waals surface area contributed by atoms with Crippen LogP contribution < -0.4 is 20.3 Å². The summed E-state index contributed by atoms with van der Waals surface area (Å²) >= 11 is 5.99. The monoisotopic (exact) mass is 463 g/mol. The molecule has 0 spiro atoms. The molecule has 0 saturated carbocycles. The first-order valence-corrected chi connectivity index (χ1v) is 10.4. The van der Waals surface area contributed by atoms with Gasteiger partial charge in [0.25, 0.3) is 17.7 Å². The Morgan fingerprint density at radius 1 is 0.939 bits per heavy atom. The van der Waals surface area contributed by atoms with E-state index >= 15 is 0 Å². The van der Waals surface area contributed by atoms with Crippen molar-refractivity contribution in [3.8, 4) is 5.75 Å². The largest absolute Gasteiger partial charge is 0.492 e. The predicted molar refractivity (Wildman–Crippen MR) is 123 cm³/mol. The summed E-state index contributed by atoms with van der Waals surface area (Å²) in [6, 6.07) is 16.6. The molecule has 4 rings (SSSR count). The lowest BCUT2D eigenvalue weighted by molar-refractivity contribution is 0.0921. The van der Waals surface area contributed by atoms with Crippen LogP contribution in [0.5, 0.6) is 5.75 Å². The fourth-order valence-corrected chi connectivity index (χ4v) is 3.66. The standard InChI is InChI=1S/C24H18ClN3O5/c1-2-33-20-13-14(26-24(32)27-21(29)17-9-5-6-10-18(17)25)11-12-19(20)28-22(30)15-7-3-4-8-16(15)23(28)31/h3-13H,2H2,1H3,(H2,26,27,29,32). The van der Waals surface area contributed by atoms with Gasteiger partial charge in [-0.25, -0.2) is 9.69 Å². The Labute approximate surface area is 194 Å². The molecule has 0 aliphatic carbocycles. The summed E-state index contributed by atoms with van der Waals surface area (Å²) in [6.07, 6.45) is 0. The van der Waals surface area contributed by atoms with Crippen molar-refractivity contribution in [3.05, 3.63) is 88.4 Å². The number of fused-ring (bicyclic) bond motifs is 1. The number of rotatable bonds is 5. The average Bonchev–Trinajstić information content (AvgIpc) is 3.05. The van der Waals surface area contributed by atoms with Gasteiger partial charge in [0.05, 0.1) is 34.0 Å². The zero-order chi connectivity index (χ0) is 23.5. The topological polar surface area (TPSA) is 105 Å². The Morgan fingerprint density at radius 2 is 1.58 bits per heavy atom. The zero-order valence-electron chi connectivity index (χ0n) is 17.4. The minimum Gasteiger partial charge on any atom is -0.492 e. The molecule has 1 aliphatic rings. The molecule has 8 nitrogen and oxygen atoms in total. The van der Waals surface area contributed by atoms with Crippen LogP contribution in [-0.2, 0) is 0 Å². The van der Waals surface area contributed by atoms with E-state index in [2.05, 4.69) is 10.6 Å². The van der Waals surface area contributed by atoms with E-state index in [1.165, 1.54) is 24.3 Å². The van der Waals surface area contributed by atoms with Crippen molar-refractivity contribution < 1.29 is 23.9 Å². The second kappa shape index (κ2) is 9.13. The Balaban J connectivity index is 1.55. The zero-order valence-corrected chi connectivity index (χ0v) is 18.2. The molecule has 0 unspecified atom stereocenters. The molecule has 1 heterocycles. The van der Waals surface area contributed by atoms with E-state index in [9.17, 15) is 19.2 Å². The second-order valence-electron chi connectivity index (χ2n) is 6.99. The van der Waals surface area contributed by atoms with Gasteiger partial charge in [-0.1, -0.05) is 35.9 Å². The van der Waals surface area contributed by atoms with Crippen LogP contribution in [-0.4, -0.2) is 30.4 Å². The average molecular weight is 464 g/mol. The maximum Gasteiger partial charge on any atom is 0.326 e. The van der Waals surface area contributed by atoms with Crippen LogP contribution in [0.4, 0.5) is 16.2 Å². The molecule has 2 N–H and O–H groups in total. The molecular weight excluding hydrogens is 446 g/mol. The number of nitrogens with one attached hydrogen (secondary N) is 2. The number of hydrogen-bond donors (Lipinski definition) is 2. The Morgan fingerprint density at radius 3 is 2.21 bits per heavy atom. The molecule has 3 aromatic rings. The molecule has 5 amide bonds. The smallest absolute Gasteiger partial charge is 0.326 e. The number of imide groups is 2. The van der Waals surface area contributed by atoms with E-state index in [1.54, 1.807) is 49.4 Å². The van der Waals surface area contributed by atoms with E-state index in [0.717, 1.165) is 4.90 Å². The molecule has 9 heteroatoms. The van der Waals surface area contributed by atoms with Crippen molar-refractivity contribution in [2.45, 2.75) is 6.92 Å². The number of hydrogen-bond acceptors (Lipinski definition) is 5. The first-order chi connectivity index (χ1) is 15.9. The van der Waals surface area contributed by atoms with Gasteiger partial charge < -0.3 is 10.1 Å². The Kier molecular flexibility index (Phi) is 6.10. The van der Waals surface area contributed by atoms with Gasteiger partial charge in [-0.2, -0.15) is 0 Å². The highest BCUT2D eigenvalue weighted by molar-refractivity contribution is 6.35. The van der Waals surface area contributed by atoms with Gasteiger partial charge in [-0.3, -0.25) is 19.7 Å². The summed E-state index contributed by atoms with van der Waals surface area (Å²) in [7, 11) is 0. The first-order valence-electron chi connectivity index (χ1n) is 10.0. The van der Waals surface area contributed by atoms with Crippen molar-refractivity contribution in [3.63, 3.8) is 0 Å². The van der Waals surface area contributed by atoms with Crippen LogP contribution in [0.15, 0.2) is 66.7 Å². The van der Waals surface area contributed by atoms with Gasteiger partial charge in [-0.05, 0) is 43.3 Å². The van der Waals surface area contributed by atoms with E-state index < -0.39 is 23.8 Å². The molecule has 0 bridgehead atoms. The molecule has 33 heavy (non-hydrogen) atoms. The third kappa shape index (κ3) is 4.28. The fraction of sp³-hybridized carbons (Fsp3) is 0.0833. The van der Waals surface area contributed by atoms with Crippen LogP contribution in [0, 0.1) is 0 Å². The molecule has 3 aromatic carbocycles. The molecule has 0 radical (unpaired) electrons. The number of benzene rings is 3. The third-order valence-electron chi connectivity index (χ3n) is 4.90. The summed E-state index contributed by atoms with van der Waals surface area (Å²) < 4.78 is 5.63. The summed E-state index contributed by atoms with van der Waals surface area (Å²) in [5.41, 5.74) is 1.32. The molecule has 1 aliphatic heterocycles. The molecule has 0 atom stereocenters. The van der Waals surface area contributed by atoms with Gasteiger partial charge in [0.2, 0.25) is 0 Å². The predicted octanol–water partition coefficient (Wildman–Crippen LogP) is 4.50. The first kappa shape index (κ1) is 22.0. The quantitative estimate of drug-likeness (QED) is 0.542.